The molecule has 1 N–H and O–H groups in total. The Morgan fingerprint density at radius 2 is 1.54 bits per heavy atom. The Balaban J connectivity index is 1.53. The first-order valence-electron chi connectivity index (χ1n) is 13.3. The van der Waals surface area contributed by atoms with Gasteiger partial charge in [0.15, 0.2) is 11.6 Å². The van der Waals surface area contributed by atoms with Gasteiger partial charge in [-0.25, -0.2) is 0 Å². The lowest BCUT2D eigenvalue weighted by Gasteiger charge is -2.38. The van der Waals surface area contributed by atoms with Crippen molar-refractivity contribution in [2.75, 3.05) is 5.32 Å². The quantitative estimate of drug-likeness (QED) is 0.201. The highest BCUT2D eigenvalue weighted by atomic mass is 16.6. The van der Waals surface area contributed by atoms with Gasteiger partial charge in [0.2, 0.25) is 5.91 Å². The van der Waals surface area contributed by atoms with E-state index < -0.39 is 34.1 Å². The van der Waals surface area contributed by atoms with Crippen molar-refractivity contribution in [2.45, 2.75) is 17.5 Å². The van der Waals surface area contributed by atoms with E-state index in [1.54, 1.807) is 42.6 Å². The highest BCUT2D eigenvalue weighted by Gasteiger charge is 2.70. The van der Waals surface area contributed by atoms with Crippen molar-refractivity contribution < 1.29 is 19.3 Å². The first kappa shape index (κ1) is 24.7. The number of benzene rings is 4. The summed E-state index contributed by atoms with van der Waals surface area (Å²) >= 11 is 0. The zero-order chi connectivity index (χ0) is 28.3. The monoisotopic (exact) mass is 541 g/mol. The molecule has 3 aliphatic rings. The summed E-state index contributed by atoms with van der Waals surface area (Å²) < 4.78 is 0. The number of nitro groups is 1. The second kappa shape index (κ2) is 9.09. The molecule has 1 saturated heterocycles. The van der Waals surface area contributed by atoms with Crippen LogP contribution in [0.2, 0.25) is 0 Å². The number of carbonyl (C=O) groups excluding carboxylic acids is 3. The smallest absolute Gasteiger partial charge is 0.270 e. The predicted molar refractivity (Wildman–Crippen MR) is 152 cm³/mol. The number of carbonyl (C=O) groups is 3. The molecule has 0 aliphatic carbocycles. The summed E-state index contributed by atoms with van der Waals surface area (Å²) in [6, 6.07) is 27.3. The van der Waals surface area contributed by atoms with Crippen molar-refractivity contribution in [1.82, 2.24) is 4.90 Å². The van der Waals surface area contributed by atoms with E-state index in [0.717, 1.165) is 11.1 Å². The summed E-state index contributed by atoms with van der Waals surface area (Å²) in [5, 5.41) is 14.6. The summed E-state index contributed by atoms with van der Waals surface area (Å²) in [5.41, 5.74) is 1.75. The highest BCUT2D eigenvalue weighted by molar-refractivity contribution is 6.16. The molecule has 0 aromatic heterocycles. The van der Waals surface area contributed by atoms with Crippen molar-refractivity contribution in [3.8, 4) is 0 Å². The zero-order valence-corrected chi connectivity index (χ0v) is 21.6. The number of nitrogens with zero attached hydrogens (tertiary/aromatic N) is 2. The molecule has 4 atom stereocenters. The molecule has 1 spiro atoms. The van der Waals surface area contributed by atoms with Gasteiger partial charge in [-0.15, -0.1) is 0 Å². The molecule has 8 heteroatoms. The fraction of sp³-hybridized carbons (Fsp3) is 0.121. The average Bonchev–Trinajstić information content (AvgIpc) is 3.49. The van der Waals surface area contributed by atoms with Gasteiger partial charge in [-0.1, -0.05) is 84.9 Å². The molecule has 0 bridgehead atoms. The van der Waals surface area contributed by atoms with Crippen LogP contribution in [-0.4, -0.2) is 33.3 Å². The zero-order valence-electron chi connectivity index (χ0n) is 21.6. The van der Waals surface area contributed by atoms with E-state index in [-0.39, 0.29) is 22.9 Å². The molecular formula is C33H23N3O5. The Hall–Kier alpha value is -5.37. The minimum absolute atomic E-state index is 0.102. The fourth-order valence-corrected chi connectivity index (χ4v) is 6.89. The van der Waals surface area contributed by atoms with Gasteiger partial charge in [-0.2, -0.15) is 0 Å². The largest absolute Gasteiger partial charge is 0.358 e. The molecular weight excluding hydrogens is 518 g/mol. The Labute approximate surface area is 235 Å². The second-order valence-electron chi connectivity index (χ2n) is 10.5. The Kier molecular flexibility index (Phi) is 5.47. The lowest BCUT2D eigenvalue weighted by molar-refractivity contribution is -0.384. The Morgan fingerprint density at radius 1 is 0.829 bits per heavy atom. The van der Waals surface area contributed by atoms with Crippen molar-refractivity contribution in [3.05, 3.63) is 147 Å². The number of nitro benzene ring substituents is 1. The molecule has 8 nitrogen and oxygen atoms in total. The summed E-state index contributed by atoms with van der Waals surface area (Å²) in [5.74, 6) is -2.31. The summed E-state index contributed by atoms with van der Waals surface area (Å²) in [6.07, 6.45) is 3.66. The molecule has 0 unspecified atom stereocenters. The van der Waals surface area contributed by atoms with Crippen molar-refractivity contribution in [1.29, 1.82) is 0 Å². The van der Waals surface area contributed by atoms with Crippen LogP contribution in [-0.2, 0) is 10.2 Å². The molecule has 41 heavy (non-hydrogen) atoms. The lowest BCUT2D eigenvalue weighted by atomic mass is 9.62. The van der Waals surface area contributed by atoms with Gasteiger partial charge in [0.05, 0.1) is 16.9 Å². The number of hydrogen-bond donors (Lipinski definition) is 1. The van der Waals surface area contributed by atoms with E-state index in [1.807, 2.05) is 53.4 Å². The van der Waals surface area contributed by atoms with Crippen molar-refractivity contribution in [2.24, 2.45) is 5.92 Å². The molecule has 4 aromatic rings. The van der Waals surface area contributed by atoms with Crippen LogP contribution >= 0.6 is 0 Å². The van der Waals surface area contributed by atoms with Gasteiger partial charge < -0.3 is 10.2 Å². The first-order chi connectivity index (χ1) is 19.9. The van der Waals surface area contributed by atoms with E-state index in [2.05, 4.69) is 5.32 Å². The summed E-state index contributed by atoms with van der Waals surface area (Å²) in [4.78, 5) is 56.4. The Bertz CT molecular complexity index is 1800. The number of anilines is 1. The Morgan fingerprint density at radius 3 is 2.34 bits per heavy atom. The first-order valence-corrected chi connectivity index (χ1v) is 13.3. The minimum Gasteiger partial charge on any atom is -0.358 e. The van der Waals surface area contributed by atoms with E-state index in [9.17, 15) is 24.5 Å². The second-order valence-corrected chi connectivity index (χ2v) is 10.5. The average molecular weight is 542 g/mol. The normalized spacial score (nSPS) is 23.5. The van der Waals surface area contributed by atoms with Crippen LogP contribution in [0, 0.1) is 16.0 Å². The third kappa shape index (κ3) is 3.43. The van der Waals surface area contributed by atoms with Crippen molar-refractivity contribution in [3.63, 3.8) is 0 Å². The van der Waals surface area contributed by atoms with Gasteiger partial charge in [0.1, 0.15) is 11.5 Å². The third-order valence-corrected chi connectivity index (χ3v) is 8.52. The summed E-state index contributed by atoms with van der Waals surface area (Å²) in [6.45, 7) is 0. The van der Waals surface area contributed by atoms with Gasteiger partial charge >= 0.3 is 0 Å². The van der Waals surface area contributed by atoms with Crippen LogP contribution in [0.25, 0.3) is 6.08 Å². The molecule has 0 saturated carbocycles. The number of Topliss-reactive ketones (excluding diaryl/α,β-unsaturated/α-hetero) is 2. The maximum atomic E-state index is 14.6. The van der Waals surface area contributed by atoms with E-state index in [4.69, 9.17) is 0 Å². The molecule has 200 valence electrons. The van der Waals surface area contributed by atoms with Gasteiger partial charge in [-0.3, -0.25) is 24.5 Å². The fourth-order valence-electron chi connectivity index (χ4n) is 6.89. The number of para-hydroxylation sites is 1. The number of non-ortho nitro benzene ring substituents is 1. The molecule has 7 rings (SSSR count). The van der Waals surface area contributed by atoms with Crippen LogP contribution in [0.1, 0.15) is 43.4 Å². The number of rotatable bonds is 5. The molecule has 1 amide bonds. The number of fused-ring (bicyclic) bond motifs is 6. The number of hydrogen-bond acceptors (Lipinski definition) is 6. The highest BCUT2D eigenvalue weighted by Crippen LogP contribution is 2.62. The maximum Gasteiger partial charge on any atom is 0.270 e. The third-order valence-electron chi connectivity index (χ3n) is 8.52. The molecule has 3 aliphatic heterocycles. The number of amides is 1. The standard InChI is InChI=1S/C33H23N3O5/c37-29(21-10-2-1-3-11-21)27-28(30(38)22-12-8-13-23(19-22)36(40)41)35-18-17-20-9-4-5-14-24(20)31(35)33(27)25-15-6-7-16-26(25)34-32(33)39/h1-19,27-28,31H,(H,34,39)/t27-,28-,31-,33-/m1/s1. The van der Waals surface area contributed by atoms with Crippen molar-refractivity contribution >= 4 is 34.9 Å². The SMILES string of the molecule is O=C(c1cccc([N+](=O)[O-])c1)[C@H]1[C@H](C(=O)c2ccccc2)[C@@]2(C(=O)Nc3ccccc32)[C@H]2c3ccccc3C=CN12. The van der Waals surface area contributed by atoms with Gasteiger partial charge in [0, 0.05) is 35.1 Å². The van der Waals surface area contributed by atoms with Crippen LogP contribution in [0.3, 0.4) is 0 Å². The number of nitrogens with one attached hydrogen (secondary N) is 1. The summed E-state index contributed by atoms with van der Waals surface area (Å²) in [7, 11) is 0. The van der Waals surface area contributed by atoms with Crippen LogP contribution in [0.4, 0.5) is 11.4 Å². The molecule has 0 radical (unpaired) electrons. The minimum atomic E-state index is -1.45. The lowest BCUT2D eigenvalue weighted by Crippen LogP contribution is -2.49. The predicted octanol–water partition coefficient (Wildman–Crippen LogP) is 5.58. The molecule has 3 heterocycles. The van der Waals surface area contributed by atoms with Crippen LogP contribution in [0.5, 0.6) is 0 Å². The van der Waals surface area contributed by atoms with E-state index >= 15 is 0 Å². The van der Waals surface area contributed by atoms with Gasteiger partial charge in [0.25, 0.3) is 5.69 Å². The van der Waals surface area contributed by atoms with E-state index in [0.29, 0.717) is 16.8 Å². The van der Waals surface area contributed by atoms with E-state index in [1.165, 1.54) is 24.3 Å². The molecule has 4 aromatic carbocycles. The van der Waals surface area contributed by atoms with Crippen LogP contribution < -0.4 is 5.32 Å². The maximum absolute atomic E-state index is 14.6. The number of ketones is 2. The molecule has 1 fully saturated rings. The van der Waals surface area contributed by atoms with Gasteiger partial charge in [-0.05, 0) is 28.8 Å². The van der Waals surface area contributed by atoms with Crippen LogP contribution in [0.15, 0.2) is 109 Å². The topological polar surface area (TPSA) is 110 Å².